The van der Waals surface area contributed by atoms with Crippen LogP contribution in [0.5, 0.6) is 0 Å². The van der Waals surface area contributed by atoms with Gasteiger partial charge in [0.15, 0.2) is 0 Å². The summed E-state index contributed by atoms with van der Waals surface area (Å²) >= 11 is 0. The molecule has 2 unspecified atom stereocenters. The molecule has 4 atom stereocenters. The highest BCUT2D eigenvalue weighted by Crippen LogP contribution is 2.49. The number of para-hydroxylation sites is 1. The van der Waals surface area contributed by atoms with Gasteiger partial charge in [-0.15, -0.1) is 0 Å². The monoisotopic (exact) mass is 707 g/mol. The number of imidazole rings is 2. The van der Waals surface area contributed by atoms with Crippen LogP contribution in [0.2, 0.25) is 0 Å². The van der Waals surface area contributed by atoms with Crippen molar-refractivity contribution in [2.45, 2.75) is 42.0 Å². The number of nitrogens with two attached hydrogens (primary N) is 1. The number of carbonyl (C=O) groups is 3. The van der Waals surface area contributed by atoms with Crippen LogP contribution in [0.3, 0.4) is 0 Å². The molecule has 0 aliphatic rings. The fourth-order valence-electron chi connectivity index (χ4n) is 5.01. The lowest BCUT2D eigenvalue weighted by atomic mass is 10.1. The number of sulfonamides is 1. The Morgan fingerprint density at radius 3 is 2.16 bits per heavy atom. The van der Waals surface area contributed by atoms with Crippen LogP contribution < -0.4 is 21.1 Å². The first-order valence-electron chi connectivity index (χ1n) is 14.9. The van der Waals surface area contributed by atoms with E-state index >= 15 is 0 Å². The smallest absolute Gasteiger partial charge is 0.394 e. The summed E-state index contributed by atoms with van der Waals surface area (Å²) in [4.78, 5) is 56.5. The van der Waals surface area contributed by atoms with Gasteiger partial charge >= 0.3 is 6.09 Å². The van der Waals surface area contributed by atoms with E-state index in [0.717, 1.165) is 6.66 Å². The van der Waals surface area contributed by atoms with Crippen molar-refractivity contribution >= 4 is 46.2 Å². The molecular formula is C31H34N9O7PS. The molecule has 18 heteroatoms. The molecule has 2 aromatic carbocycles. The van der Waals surface area contributed by atoms with Crippen LogP contribution in [0.15, 0.2) is 96.8 Å². The molecule has 0 fully saturated rings. The van der Waals surface area contributed by atoms with Crippen molar-refractivity contribution in [2.24, 2.45) is 5.73 Å². The number of benzene rings is 2. The van der Waals surface area contributed by atoms with Gasteiger partial charge in [0.2, 0.25) is 21.8 Å². The van der Waals surface area contributed by atoms with Gasteiger partial charge in [0.25, 0.3) is 7.37 Å². The first-order chi connectivity index (χ1) is 23.4. The number of H-pyrrole nitrogens is 2. The quantitative estimate of drug-likeness (QED) is 0.0864. The van der Waals surface area contributed by atoms with Crippen molar-refractivity contribution in [1.82, 2.24) is 40.3 Å². The third kappa shape index (κ3) is 9.16. The summed E-state index contributed by atoms with van der Waals surface area (Å²) in [5, 5.41) is 5.50. The standard InChI is InChI=1S/C31H34N9O7PS/c1-48(44,27(13-20-7-3-2-4-8-20)40-49(45,46)26-11-5-9-21-10-6-12-35-28(21)26)47-31(43)39-25(15-23-17-34-19-37-23)30(42)38-24(29(32)41)14-22-16-33-18-36-22/h2-12,16-19,24-25,27,40H,13-15H2,1H3,(H2,32,41)(H,33,36)(H,34,37)(H,38,42)(H,39,43)/t24-,25-,27?,48?/m0/s1. The van der Waals surface area contributed by atoms with E-state index in [4.69, 9.17) is 10.3 Å². The Kier molecular flexibility index (Phi) is 10.9. The number of aromatic nitrogens is 5. The number of pyridine rings is 1. The highest BCUT2D eigenvalue weighted by molar-refractivity contribution is 7.90. The number of rotatable bonds is 15. The minimum atomic E-state index is -4.36. The summed E-state index contributed by atoms with van der Waals surface area (Å²) in [5.74, 6) is -3.05. The van der Waals surface area contributed by atoms with E-state index in [1.54, 1.807) is 54.6 Å². The highest BCUT2D eigenvalue weighted by Gasteiger charge is 2.38. The lowest BCUT2D eigenvalue weighted by Crippen LogP contribution is -2.54. The van der Waals surface area contributed by atoms with Crippen LogP contribution in [0, 0.1) is 0 Å². The zero-order valence-electron chi connectivity index (χ0n) is 26.1. The van der Waals surface area contributed by atoms with E-state index in [1.165, 1.54) is 37.3 Å². The van der Waals surface area contributed by atoms with Crippen LogP contribution in [0.25, 0.3) is 10.9 Å². The molecule has 5 rings (SSSR count). The van der Waals surface area contributed by atoms with Gasteiger partial charge in [0.1, 0.15) is 22.8 Å². The average Bonchev–Trinajstić information content (AvgIpc) is 3.78. The first kappa shape index (κ1) is 34.9. The van der Waals surface area contributed by atoms with Crippen LogP contribution in [0.1, 0.15) is 17.0 Å². The van der Waals surface area contributed by atoms with Crippen LogP contribution >= 0.6 is 7.37 Å². The van der Waals surface area contributed by atoms with Gasteiger partial charge in [-0.05, 0) is 24.1 Å². The van der Waals surface area contributed by atoms with Crippen molar-refractivity contribution in [3.8, 4) is 0 Å². The summed E-state index contributed by atoms with van der Waals surface area (Å²) in [6, 6.07) is 14.1. The van der Waals surface area contributed by atoms with Gasteiger partial charge in [-0.2, -0.15) is 4.72 Å². The largest absolute Gasteiger partial charge is 0.412 e. The Hall–Kier alpha value is -5.38. The molecule has 3 amide bonds. The van der Waals surface area contributed by atoms with Gasteiger partial charge in [-0.1, -0.05) is 48.5 Å². The zero-order valence-corrected chi connectivity index (χ0v) is 27.9. The van der Waals surface area contributed by atoms with E-state index in [-0.39, 0.29) is 29.7 Å². The number of nitrogens with one attached hydrogen (secondary N) is 5. The fourth-order valence-corrected chi connectivity index (χ4v) is 8.50. The lowest BCUT2D eigenvalue weighted by Gasteiger charge is -2.27. The molecule has 0 bridgehead atoms. The summed E-state index contributed by atoms with van der Waals surface area (Å²) in [5.41, 5.74) is 7.32. The fraction of sp³-hybridized carbons (Fsp3) is 0.226. The second-order valence-corrected chi connectivity index (χ2v) is 15.5. The molecule has 3 heterocycles. The molecule has 256 valence electrons. The Bertz CT molecular complexity index is 2060. The lowest BCUT2D eigenvalue weighted by molar-refractivity contribution is -0.128. The maximum atomic E-state index is 14.2. The molecule has 0 saturated carbocycles. The van der Waals surface area contributed by atoms with Gasteiger partial charge in [0.05, 0.1) is 18.2 Å². The summed E-state index contributed by atoms with van der Waals surface area (Å²) < 4.78 is 49.6. The van der Waals surface area contributed by atoms with Crippen molar-refractivity contribution in [2.75, 3.05) is 6.66 Å². The van der Waals surface area contributed by atoms with Crippen LogP contribution in [0.4, 0.5) is 4.79 Å². The molecule has 49 heavy (non-hydrogen) atoms. The number of carbonyl (C=O) groups excluding carboxylic acids is 3. The Balaban J connectivity index is 1.37. The molecule has 0 aliphatic heterocycles. The van der Waals surface area contributed by atoms with Crippen molar-refractivity contribution < 1.29 is 31.9 Å². The first-order valence-corrected chi connectivity index (χ1v) is 18.5. The number of hydrogen-bond donors (Lipinski definition) is 6. The maximum Gasteiger partial charge on any atom is 0.412 e. The van der Waals surface area contributed by atoms with Crippen LogP contribution in [-0.2, 0) is 48.0 Å². The van der Waals surface area contributed by atoms with E-state index in [9.17, 15) is 27.4 Å². The van der Waals surface area contributed by atoms with Crippen molar-refractivity contribution in [3.63, 3.8) is 0 Å². The maximum absolute atomic E-state index is 14.2. The van der Waals surface area contributed by atoms with Gasteiger partial charge in [-0.25, -0.2) is 23.2 Å². The Labute approximate surface area is 281 Å². The Morgan fingerprint density at radius 1 is 0.878 bits per heavy atom. The number of amides is 3. The SMILES string of the molecule is CP(=O)(OC(=O)N[C@@H](Cc1cnc[nH]1)C(=O)N[C@@H](Cc1cnc[nH]1)C(N)=O)C(Cc1ccccc1)NS(=O)(=O)c1cccc2cccnc12. The number of fused-ring (bicyclic) bond motifs is 1. The molecule has 0 radical (unpaired) electrons. The molecule has 0 saturated heterocycles. The number of nitrogens with zero attached hydrogens (tertiary/aromatic N) is 3. The third-order valence-corrected chi connectivity index (χ3v) is 11.2. The Morgan fingerprint density at radius 2 is 1.53 bits per heavy atom. The van der Waals surface area contributed by atoms with Gasteiger partial charge < -0.3 is 30.9 Å². The van der Waals surface area contributed by atoms with E-state index in [1.807, 2.05) is 0 Å². The molecule has 3 aromatic heterocycles. The van der Waals surface area contributed by atoms with Gasteiger partial charge in [0, 0.05) is 54.9 Å². The summed E-state index contributed by atoms with van der Waals surface area (Å²) in [7, 11) is -8.56. The minimum Gasteiger partial charge on any atom is -0.394 e. The molecule has 5 aromatic rings. The van der Waals surface area contributed by atoms with Crippen molar-refractivity contribution in [3.05, 3.63) is 109 Å². The predicted octanol–water partition coefficient (Wildman–Crippen LogP) is 1.99. The zero-order chi connectivity index (χ0) is 35.0. The van der Waals surface area contributed by atoms with Crippen LogP contribution in [-0.4, -0.2) is 75.8 Å². The predicted molar refractivity (Wildman–Crippen MR) is 179 cm³/mol. The molecule has 7 N–H and O–H groups in total. The second-order valence-electron chi connectivity index (χ2n) is 11.2. The molecule has 0 aliphatic carbocycles. The van der Waals surface area contributed by atoms with Crippen molar-refractivity contribution in [1.29, 1.82) is 0 Å². The van der Waals surface area contributed by atoms with E-state index < -0.39 is 53.2 Å². The number of hydrogen-bond acceptors (Lipinski definition) is 10. The minimum absolute atomic E-state index is 0.0000109. The average molecular weight is 708 g/mol. The third-order valence-electron chi connectivity index (χ3n) is 7.50. The number of primary amides is 1. The highest BCUT2D eigenvalue weighted by atomic mass is 32.2. The molecular weight excluding hydrogens is 673 g/mol. The summed E-state index contributed by atoms with van der Waals surface area (Å²) in [6.45, 7) is 1.13. The normalized spacial score (nSPS) is 14.6. The molecule has 0 spiro atoms. The van der Waals surface area contributed by atoms with E-state index in [2.05, 4.69) is 40.3 Å². The number of aromatic amines is 2. The second kappa shape index (κ2) is 15.2. The van der Waals surface area contributed by atoms with E-state index in [0.29, 0.717) is 22.3 Å². The van der Waals surface area contributed by atoms with Gasteiger partial charge in [-0.3, -0.25) is 19.1 Å². The summed E-state index contributed by atoms with van der Waals surface area (Å²) in [6.07, 6.45) is 5.64. The molecule has 16 nitrogen and oxygen atoms in total. The topological polar surface area (TPSA) is 244 Å².